The molecule has 2 aromatic carbocycles. The van der Waals surface area contributed by atoms with Gasteiger partial charge in [0, 0.05) is 35.2 Å². The van der Waals surface area contributed by atoms with Crippen LogP contribution in [-0.4, -0.2) is 53.2 Å². The largest absolute Gasteiger partial charge is 0.497 e. The van der Waals surface area contributed by atoms with Crippen molar-refractivity contribution in [1.82, 2.24) is 14.8 Å². The predicted molar refractivity (Wildman–Crippen MR) is 141 cm³/mol. The molecule has 0 saturated heterocycles. The fourth-order valence-electron chi connectivity index (χ4n) is 3.88. The Labute approximate surface area is 201 Å². The fourth-order valence-corrected chi connectivity index (χ4v) is 4.15. The third-order valence-electron chi connectivity index (χ3n) is 5.98. The van der Waals surface area contributed by atoms with Crippen LogP contribution in [0.5, 0.6) is 5.75 Å². The fraction of sp³-hybridized carbons (Fsp3) is 0.385. The summed E-state index contributed by atoms with van der Waals surface area (Å²) < 4.78 is 5.35. The molecule has 0 spiro atoms. The predicted octanol–water partition coefficient (Wildman–Crippen LogP) is 4.69. The van der Waals surface area contributed by atoms with Crippen LogP contribution in [-0.2, 0) is 6.54 Å². The molecule has 0 aliphatic carbocycles. The average Bonchev–Trinajstić information content (AvgIpc) is 2.80. The Morgan fingerprint density at radius 1 is 1.06 bits per heavy atom. The molecule has 3 rings (SSSR count). The number of aromatic nitrogens is 1. The van der Waals surface area contributed by atoms with Crippen LogP contribution in [0, 0.1) is 13.8 Å². The van der Waals surface area contributed by atoms with Crippen molar-refractivity contribution in [3.05, 3.63) is 69.5 Å². The van der Waals surface area contributed by atoms with Crippen LogP contribution < -0.4 is 15.6 Å². The van der Waals surface area contributed by atoms with E-state index in [0.29, 0.717) is 23.8 Å². The van der Waals surface area contributed by atoms with E-state index in [1.807, 2.05) is 24.3 Å². The van der Waals surface area contributed by atoms with Gasteiger partial charge in [0.1, 0.15) is 5.75 Å². The van der Waals surface area contributed by atoms with E-state index < -0.39 is 0 Å². The Morgan fingerprint density at radius 3 is 2.48 bits per heavy atom. The number of ether oxygens (including phenoxy) is 1. The lowest BCUT2D eigenvalue weighted by atomic mass is 10.1. The Kier molecular flexibility index (Phi) is 8.47. The van der Waals surface area contributed by atoms with Gasteiger partial charge in [-0.1, -0.05) is 31.5 Å². The van der Waals surface area contributed by atoms with Gasteiger partial charge in [-0.25, -0.2) is 0 Å². The van der Waals surface area contributed by atoms with Crippen LogP contribution in [0.15, 0.2) is 47.3 Å². The number of H-pyrrole nitrogens is 1. The van der Waals surface area contributed by atoms with Gasteiger partial charge in [0.15, 0.2) is 5.11 Å². The number of nitrogens with zero attached hydrogens (tertiary/aromatic N) is 2. The van der Waals surface area contributed by atoms with Crippen molar-refractivity contribution in [3.63, 3.8) is 0 Å². The Hall–Kier alpha value is -2.90. The van der Waals surface area contributed by atoms with Crippen molar-refractivity contribution in [2.45, 2.75) is 34.2 Å². The van der Waals surface area contributed by atoms with Crippen molar-refractivity contribution in [2.75, 3.05) is 38.6 Å². The topological polar surface area (TPSA) is 60.6 Å². The molecule has 1 heterocycles. The molecular formula is C26H34N4O2S. The normalized spacial score (nSPS) is 11.1. The standard InChI is InChI=1S/C26H34N4O2S/c1-6-29(7-2)12-13-30(26(33)28-23-10-8-18(3)14-19(23)4)17-21-15-20-16-22(32-5)9-11-24(20)27-25(21)31/h8-11,14-16H,6-7,12-13,17H2,1-5H3,(H,27,31)(H,28,33). The molecule has 0 aliphatic rings. The number of aryl methyl sites for hydroxylation is 2. The van der Waals surface area contributed by atoms with E-state index in [9.17, 15) is 4.79 Å². The number of rotatable bonds is 9. The first-order valence-corrected chi connectivity index (χ1v) is 11.8. The highest BCUT2D eigenvalue weighted by molar-refractivity contribution is 7.80. The van der Waals surface area contributed by atoms with E-state index in [0.717, 1.165) is 47.5 Å². The quantitative estimate of drug-likeness (QED) is 0.446. The monoisotopic (exact) mass is 466 g/mol. The molecule has 0 amide bonds. The molecule has 3 aromatic rings. The molecular weight excluding hydrogens is 432 g/mol. The van der Waals surface area contributed by atoms with Crippen molar-refractivity contribution in [1.29, 1.82) is 0 Å². The summed E-state index contributed by atoms with van der Waals surface area (Å²) in [4.78, 5) is 20.3. The van der Waals surface area contributed by atoms with Gasteiger partial charge < -0.3 is 24.8 Å². The number of aromatic amines is 1. The maximum Gasteiger partial charge on any atom is 0.253 e. The van der Waals surface area contributed by atoms with E-state index in [-0.39, 0.29) is 5.56 Å². The second kappa shape index (κ2) is 11.3. The number of likely N-dealkylation sites (N-methyl/N-ethyl adjacent to an activating group) is 1. The second-order valence-corrected chi connectivity index (χ2v) is 8.66. The summed E-state index contributed by atoms with van der Waals surface area (Å²) in [5.41, 5.74) is 4.68. The van der Waals surface area contributed by atoms with Gasteiger partial charge in [0.2, 0.25) is 0 Å². The Bertz CT molecular complexity index is 1170. The van der Waals surface area contributed by atoms with E-state index in [2.05, 4.69) is 66.0 Å². The molecule has 0 unspecified atom stereocenters. The zero-order valence-electron chi connectivity index (χ0n) is 20.2. The van der Waals surface area contributed by atoms with Gasteiger partial charge in [-0.2, -0.15) is 0 Å². The minimum atomic E-state index is -0.102. The summed E-state index contributed by atoms with van der Waals surface area (Å²) in [6, 6.07) is 13.8. The average molecular weight is 467 g/mol. The summed E-state index contributed by atoms with van der Waals surface area (Å²) in [5, 5.41) is 4.94. The van der Waals surface area contributed by atoms with Crippen LogP contribution in [0.1, 0.15) is 30.5 Å². The van der Waals surface area contributed by atoms with Crippen LogP contribution in [0.3, 0.4) is 0 Å². The van der Waals surface area contributed by atoms with Crippen molar-refractivity contribution >= 4 is 33.9 Å². The lowest BCUT2D eigenvalue weighted by Crippen LogP contribution is -2.41. The molecule has 0 aliphatic heterocycles. The van der Waals surface area contributed by atoms with Gasteiger partial charge in [-0.3, -0.25) is 4.79 Å². The third kappa shape index (κ3) is 6.33. The minimum Gasteiger partial charge on any atom is -0.497 e. The van der Waals surface area contributed by atoms with Gasteiger partial charge in [-0.15, -0.1) is 0 Å². The zero-order chi connectivity index (χ0) is 24.0. The second-order valence-electron chi connectivity index (χ2n) is 8.27. The lowest BCUT2D eigenvalue weighted by Gasteiger charge is -2.29. The minimum absolute atomic E-state index is 0.102. The SMILES string of the molecule is CCN(CC)CCN(Cc1cc2cc(OC)ccc2[nH]c1=O)C(=S)Nc1ccc(C)cc1C. The van der Waals surface area contributed by atoms with Crippen molar-refractivity contribution < 1.29 is 4.74 Å². The number of anilines is 1. The molecule has 1 aromatic heterocycles. The van der Waals surface area contributed by atoms with E-state index in [1.165, 1.54) is 5.56 Å². The molecule has 0 radical (unpaired) electrons. The van der Waals surface area contributed by atoms with Crippen LogP contribution >= 0.6 is 12.2 Å². The number of nitrogens with one attached hydrogen (secondary N) is 2. The highest BCUT2D eigenvalue weighted by Gasteiger charge is 2.16. The first kappa shape index (κ1) is 24.7. The molecule has 2 N–H and O–H groups in total. The van der Waals surface area contributed by atoms with E-state index in [4.69, 9.17) is 17.0 Å². The summed E-state index contributed by atoms with van der Waals surface area (Å²) in [7, 11) is 1.64. The zero-order valence-corrected chi connectivity index (χ0v) is 21.0. The molecule has 6 nitrogen and oxygen atoms in total. The maximum absolute atomic E-state index is 12.9. The molecule has 0 fully saturated rings. The molecule has 0 saturated carbocycles. The van der Waals surface area contributed by atoms with Gasteiger partial charge in [0.25, 0.3) is 5.56 Å². The molecule has 0 bridgehead atoms. The molecule has 0 atom stereocenters. The molecule has 33 heavy (non-hydrogen) atoms. The number of thiocarbonyl (C=S) groups is 1. The molecule has 176 valence electrons. The Balaban J connectivity index is 1.89. The highest BCUT2D eigenvalue weighted by atomic mass is 32.1. The van der Waals surface area contributed by atoms with Gasteiger partial charge in [-0.05, 0) is 75.1 Å². The first-order valence-electron chi connectivity index (χ1n) is 11.4. The smallest absolute Gasteiger partial charge is 0.253 e. The number of pyridine rings is 1. The lowest BCUT2D eigenvalue weighted by molar-refractivity contribution is 0.266. The number of hydrogen-bond donors (Lipinski definition) is 2. The number of benzene rings is 2. The van der Waals surface area contributed by atoms with E-state index >= 15 is 0 Å². The van der Waals surface area contributed by atoms with Gasteiger partial charge in [0.05, 0.1) is 13.7 Å². The van der Waals surface area contributed by atoms with Crippen molar-refractivity contribution in [2.24, 2.45) is 0 Å². The highest BCUT2D eigenvalue weighted by Crippen LogP contribution is 2.20. The van der Waals surface area contributed by atoms with Crippen molar-refractivity contribution in [3.8, 4) is 5.75 Å². The van der Waals surface area contributed by atoms with Gasteiger partial charge >= 0.3 is 0 Å². The number of hydrogen-bond acceptors (Lipinski definition) is 4. The number of methoxy groups -OCH3 is 1. The van der Waals surface area contributed by atoms with Crippen LogP contribution in [0.4, 0.5) is 5.69 Å². The van der Waals surface area contributed by atoms with Crippen LogP contribution in [0.25, 0.3) is 10.9 Å². The summed E-state index contributed by atoms with van der Waals surface area (Å²) in [6.07, 6.45) is 0. The molecule has 7 heteroatoms. The van der Waals surface area contributed by atoms with Crippen LogP contribution in [0.2, 0.25) is 0 Å². The van der Waals surface area contributed by atoms with E-state index in [1.54, 1.807) is 7.11 Å². The first-order chi connectivity index (χ1) is 15.8. The Morgan fingerprint density at radius 2 is 1.82 bits per heavy atom. The number of fused-ring (bicyclic) bond motifs is 1. The summed E-state index contributed by atoms with van der Waals surface area (Å²) in [6.45, 7) is 12.4. The third-order valence-corrected chi connectivity index (χ3v) is 6.34. The maximum atomic E-state index is 12.9. The summed E-state index contributed by atoms with van der Waals surface area (Å²) in [5.74, 6) is 0.755. The summed E-state index contributed by atoms with van der Waals surface area (Å²) >= 11 is 5.82.